The Bertz CT molecular complexity index is 196. The minimum absolute atomic E-state index is 0.170. The summed E-state index contributed by atoms with van der Waals surface area (Å²) in [5.74, 6) is 0. The molecule has 1 aromatic heterocycles. The van der Waals surface area contributed by atoms with Crippen LogP contribution in [0.15, 0.2) is 6.33 Å². The molecule has 0 saturated carbocycles. The van der Waals surface area contributed by atoms with E-state index in [-0.39, 0.29) is 6.04 Å². The SMILES string of the molecule is CC(N)CN(C)c1ncns1. The standard InChI is InChI=1S/C6H12N4S/c1-5(7)3-10(2)6-8-4-9-11-6/h4-5H,3,7H2,1-2H3. The van der Waals surface area contributed by atoms with Crippen molar-refractivity contribution < 1.29 is 0 Å². The Labute approximate surface area is 70.2 Å². The highest BCUT2D eigenvalue weighted by Crippen LogP contribution is 2.11. The maximum atomic E-state index is 5.61. The highest BCUT2D eigenvalue weighted by atomic mass is 32.1. The molecular weight excluding hydrogens is 160 g/mol. The molecule has 0 aliphatic heterocycles. The number of nitrogens with zero attached hydrogens (tertiary/aromatic N) is 3. The Morgan fingerprint density at radius 1 is 1.82 bits per heavy atom. The van der Waals surface area contributed by atoms with E-state index >= 15 is 0 Å². The molecule has 0 fully saturated rings. The van der Waals surface area contributed by atoms with Crippen molar-refractivity contribution in [2.24, 2.45) is 5.73 Å². The quantitative estimate of drug-likeness (QED) is 0.713. The molecule has 0 radical (unpaired) electrons. The fourth-order valence-corrected chi connectivity index (χ4v) is 1.34. The molecule has 0 aromatic carbocycles. The summed E-state index contributed by atoms with van der Waals surface area (Å²) in [5, 5.41) is 0.919. The molecule has 1 heterocycles. The van der Waals surface area contributed by atoms with Gasteiger partial charge in [-0.2, -0.15) is 4.37 Å². The van der Waals surface area contributed by atoms with E-state index in [1.54, 1.807) is 6.33 Å². The van der Waals surface area contributed by atoms with Gasteiger partial charge in [0.2, 0.25) is 5.13 Å². The van der Waals surface area contributed by atoms with Crippen molar-refractivity contribution in [3.8, 4) is 0 Å². The molecule has 0 spiro atoms. The normalized spacial score (nSPS) is 13.0. The molecule has 1 rings (SSSR count). The van der Waals surface area contributed by atoms with Crippen LogP contribution in [0, 0.1) is 0 Å². The summed E-state index contributed by atoms with van der Waals surface area (Å²) >= 11 is 1.38. The second kappa shape index (κ2) is 3.64. The number of hydrogen-bond acceptors (Lipinski definition) is 5. The zero-order chi connectivity index (χ0) is 8.27. The number of hydrogen-bond donors (Lipinski definition) is 1. The highest BCUT2D eigenvalue weighted by molar-refractivity contribution is 7.09. The lowest BCUT2D eigenvalue weighted by Crippen LogP contribution is -2.32. The van der Waals surface area contributed by atoms with E-state index in [1.165, 1.54) is 11.5 Å². The van der Waals surface area contributed by atoms with E-state index in [4.69, 9.17) is 5.73 Å². The minimum Gasteiger partial charge on any atom is -0.348 e. The van der Waals surface area contributed by atoms with E-state index in [2.05, 4.69) is 9.36 Å². The zero-order valence-electron chi connectivity index (χ0n) is 6.69. The monoisotopic (exact) mass is 172 g/mol. The van der Waals surface area contributed by atoms with Gasteiger partial charge in [0.15, 0.2) is 0 Å². The van der Waals surface area contributed by atoms with Gasteiger partial charge in [-0.3, -0.25) is 0 Å². The predicted octanol–water partition coefficient (Wildman–Crippen LogP) is 0.321. The van der Waals surface area contributed by atoms with Crippen molar-refractivity contribution in [1.82, 2.24) is 9.36 Å². The molecule has 11 heavy (non-hydrogen) atoms. The van der Waals surface area contributed by atoms with Crippen LogP contribution in [0.3, 0.4) is 0 Å². The Morgan fingerprint density at radius 3 is 3.00 bits per heavy atom. The molecule has 2 N–H and O–H groups in total. The molecule has 4 nitrogen and oxygen atoms in total. The number of likely N-dealkylation sites (N-methyl/N-ethyl adjacent to an activating group) is 1. The first-order valence-electron chi connectivity index (χ1n) is 3.43. The first-order valence-corrected chi connectivity index (χ1v) is 4.21. The third-order valence-corrected chi connectivity index (χ3v) is 2.02. The maximum absolute atomic E-state index is 5.61. The van der Waals surface area contributed by atoms with Crippen molar-refractivity contribution in [1.29, 1.82) is 0 Å². The number of aromatic nitrogens is 2. The lowest BCUT2D eigenvalue weighted by Gasteiger charge is -2.16. The van der Waals surface area contributed by atoms with E-state index in [9.17, 15) is 0 Å². The summed E-state index contributed by atoms with van der Waals surface area (Å²) < 4.78 is 3.90. The van der Waals surface area contributed by atoms with Crippen LogP contribution >= 0.6 is 11.5 Å². The van der Waals surface area contributed by atoms with Gasteiger partial charge in [0.1, 0.15) is 6.33 Å². The maximum Gasteiger partial charge on any atom is 0.204 e. The van der Waals surface area contributed by atoms with Crippen molar-refractivity contribution in [2.75, 3.05) is 18.5 Å². The van der Waals surface area contributed by atoms with Gasteiger partial charge in [-0.05, 0) is 6.92 Å². The van der Waals surface area contributed by atoms with Crippen LogP contribution < -0.4 is 10.6 Å². The second-order valence-electron chi connectivity index (χ2n) is 2.58. The fourth-order valence-electron chi connectivity index (χ4n) is 0.846. The molecule has 1 aromatic rings. The lowest BCUT2D eigenvalue weighted by molar-refractivity contribution is 0.716. The first-order chi connectivity index (χ1) is 5.20. The lowest BCUT2D eigenvalue weighted by atomic mass is 10.3. The van der Waals surface area contributed by atoms with Crippen LogP contribution in [0.1, 0.15) is 6.92 Å². The molecule has 0 aliphatic rings. The van der Waals surface area contributed by atoms with Crippen LogP contribution in [0.2, 0.25) is 0 Å². The van der Waals surface area contributed by atoms with Crippen molar-refractivity contribution >= 4 is 16.7 Å². The van der Waals surface area contributed by atoms with Gasteiger partial charge in [-0.15, -0.1) is 0 Å². The summed E-state index contributed by atoms with van der Waals surface area (Å²) in [6, 6.07) is 0.170. The summed E-state index contributed by atoms with van der Waals surface area (Å²) in [5.41, 5.74) is 5.61. The third-order valence-electron chi connectivity index (χ3n) is 1.24. The van der Waals surface area contributed by atoms with Gasteiger partial charge in [0.25, 0.3) is 0 Å². The Hall–Kier alpha value is -0.680. The molecule has 62 valence electrons. The fraction of sp³-hybridized carbons (Fsp3) is 0.667. The Balaban J connectivity index is 2.49. The predicted molar refractivity (Wildman–Crippen MR) is 46.8 cm³/mol. The summed E-state index contributed by atoms with van der Waals surface area (Å²) in [7, 11) is 1.96. The van der Waals surface area contributed by atoms with Gasteiger partial charge >= 0.3 is 0 Å². The molecule has 0 aliphatic carbocycles. The molecule has 1 unspecified atom stereocenters. The Kier molecular flexibility index (Phi) is 2.78. The molecule has 5 heteroatoms. The zero-order valence-corrected chi connectivity index (χ0v) is 7.51. The molecular formula is C6H12N4S. The van der Waals surface area contributed by atoms with E-state index < -0.39 is 0 Å². The van der Waals surface area contributed by atoms with Crippen molar-refractivity contribution in [3.05, 3.63) is 6.33 Å². The third kappa shape index (κ3) is 2.44. The molecule has 0 bridgehead atoms. The molecule has 1 atom stereocenters. The van der Waals surface area contributed by atoms with Crippen LogP contribution in [-0.2, 0) is 0 Å². The van der Waals surface area contributed by atoms with Gasteiger partial charge in [-0.25, -0.2) is 4.98 Å². The minimum atomic E-state index is 0.170. The van der Waals surface area contributed by atoms with Gasteiger partial charge in [-0.1, -0.05) is 0 Å². The smallest absolute Gasteiger partial charge is 0.204 e. The molecule has 0 saturated heterocycles. The summed E-state index contributed by atoms with van der Waals surface area (Å²) in [6.45, 7) is 2.78. The average Bonchev–Trinajstić information content (AvgIpc) is 2.35. The largest absolute Gasteiger partial charge is 0.348 e. The van der Waals surface area contributed by atoms with Crippen LogP contribution in [0.25, 0.3) is 0 Å². The highest BCUT2D eigenvalue weighted by Gasteiger charge is 2.05. The van der Waals surface area contributed by atoms with Crippen LogP contribution in [-0.4, -0.2) is 29.0 Å². The van der Waals surface area contributed by atoms with Gasteiger partial charge in [0, 0.05) is 31.2 Å². The van der Waals surface area contributed by atoms with E-state index in [0.29, 0.717) is 0 Å². The second-order valence-corrected chi connectivity index (χ2v) is 3.34. The number of rotatable bonds is 3. The number of nitrogens with two attached hydrogens (primary N) is 1. The average molecular weight is 172 g/mol. The van der Waals surface area contributed by atoms with Crippen molar-refractivity contribution in [3.63, 3.8) is 0 Å². The van der Waals surface area contributed by atoms with Crippen LogP contribution in [0.5, 0.6) is 0 Å². The van der Waals surface area contributed by atoms with Gasteiger partial charge < -0.3 is 10.6 Å². The van der Waals surface area contributed by atoms with E-state index in [0.717, 1.165) is 11.7 Å². The van der Waals surface area contributed by atoms with E-state index in [1.807, 2.05) is 18.9 Å². The topological polar surface area (TPSA) is 55.0 Å². The number of anilines is 1. The summed E-state index contributed by atoms with van der Waals surface area (Å²) in [6.07, 6.45) is 1.55. The first kappa shape index (κ1) is 8.42. The van der Waals surface area contributed by atoms with Crippen LogP contribution in [0.4, 0.5) is 5.13 Å². The van der Waals surface area contributed by atoms with Gasteiger partial charge in [0.05, 0.1) is 0 Å². The summed E-state index contributed by atoms with van der Waals surface area (Å²) in [4.78, 5) is 6.05. The Morgan fingerprint density at radius 2 is 2.55 bits per heavy atom. The molecule has 0 amide bonds. The van der Waals surface area contributed by atoms with Crippen molar-refractivity contribution in [2.45, 2.75) is 13.0 Å².